The van der Waals surface area contributed by atoms with Gasteiger partial charge in [-0.1, -0.05) is 69.5 Å². The number of hydrogen-bond donors (Lipinski definition) is 1. The third kappa shape index (κ3) is 9.75. The van der Waals surface area contributed by atoms with E-state index < -0.39 is 0 Å². The molecule has 1 aliphatic rings. The van der Waals surface area contributed by atoms with E-state index in [9.17, 15) is 0 Å². The van der Waals surface area contributed by atoms with Crippen LogP contribution in [-0.2, 0) is 13.0 Å². The molecule has 178 valence electrons. The SMILES string of the molecule is C=C/C=C(\C=C/N(C)Cc1ccc(CCC)c(C)c1)C(/C=C\N=C)=NCNC1CCCCC1. The zero-order valence-electron chi connectivity index (χ0n) is 20.9. The number of benzene rings is 1. The summed E-state index contributed by atoms with van der Waals surface area (Å²) >= 11 is 0. The average molecular weight is 447 g/mol. The first-order valence-electron chi connectivity index (χ1n) is 12.3. The molecule has 0 atom stereocenters. The second-order valence-corrected chi connectivity index (χ2v) is 8.84. The first kappa shape index (κ1) is 26.5. The van der Waals surface area contributed by atoms with Crippen molar-refractivity contribution in [3.63, 3.8) is 0 Å². The van der Waals surface area contributed by atoms with Crippen molar-refractivity contribution < 1.29 is 0 Å². The Labute approximate surface area is 201 Å². The molecule has 0 spiro atoms. The fourth-order valence-electron chi connectivity index (χ4n) is 4.24. The molecule has 0 amide bonds. The minimum atomic E-state index is 0.575. The van der Waals surface area contributed by atoms with Crippen LogP contribution in [0, 0.1) is 6.92 Å². The van der Waals surface area contributed by atoms with Gasteiger partial charge in [0.05, 0.1) is 12.4 Å². The number of allylic oxidation sites excluding steroid dienone is 5. The molecule has 0 unspecified atom stereocenters. The monoisotopic (exact) mass is 446 g/mol. The highest BCUT2D eigenvalue weighted by Gasteiger charge is 2.12. The van der Waals surface area contributed by atoms with Crippen molar-refractivity contribution in [3.05, 3.63) is 83.7 Å². The van der Waals surface area contributed by atoms with E-state index in [4.69, 9.17) is 4.99 Å². The van der Waals surface area contributed by atoms with Crippen LogP contribution >= 0.6 is 0 Å². The number of nitrogens with zero attached hydrogens (tertiary/aromatic N) is 3. The maximum absolute atomic E-state index is 4.82. The summed E-state index contributed by atoms with van der Waals surface area (Å²) in [4.78, 5) is 10.9. The van der Waals surface area contributed by atoms with E-state index in [0.29, 0.717) is 12.7 Å². The van der Waals surface area contributed by atoms with Gasteiger partial charge >= 0.3 is 0 Å². The molecule has 2 rings (SSSR count). The van der Waals surface area contributed by atoms with Gasteiger partial charge in [0.15, 0.2) is 0 Å². The van der Waals surface area contributed by atoms with Crippen molar-refractivity contribution in [2.75, 3.05) is 13.7 Å². The van der Waals surface area contributed by atoms with Crippen molar-refractivity contribution >= 4 is 12.4 Å². The lowest BCUT2D eigenvalue weighted by molar-refractivity contribution is 0.378. The predicted molar refractivity (Wildman–Crippen MR) is 145 cm³/mol. The molecule has 4 nitrogen and oxygen atoms in total. The van der Waals surface area contributed by atoms with Gasteiger partial charge in [0.25, 0.3) is 0 Å². The summed E-state index contributed by atoms with van der Waals surface area (Å²) in [7, 11) is 2.10. The molecule has 0 saturated heterocycles. The molecular formula is C29H42N4. The molecule has 0 aromatic heterocycles. The van der Waals surface area contributed by atoms with E-state index in [-0.39, 0.29) is 0 Å². The number of rotatable bonds is 13. The highest BCUT2D eigenvalue weighted by molar-refractivity contribution is 6.10. The average Bonchev–Trinajstić information content (AvgIpc) is 2.81. The highest BCUT2D eigenvalue weighted by atomic mass is 15.1. The normalized spacial score (nSPS) is 16.0. The Morgan fingerprint density at radius 2 is 2.00 bits per heavy atom. The minimum Gasteiger partial charge on any atom is -0.376 e. The summed E-state index contributed by atoms with van der Waals surface area (Å²) in [6, 6.07) is 7.39. The number of hydrogen-bond acceptors (Lipinski definition) is 4. The van der Waals surface area contributed by atoms with Crippen molar-refractivity contribution in [2.24, 2.45) is 9.98 Å². The standard InChI is InChI=1S/C29H42N4/c1-6-11-26-16-15-25(21-24(26)3)22-33(5)20-18-27(12-7-2)29(17-19-30-4)32-23-31-28-13-9-8-10-14-28/h7,12,15-21,28,31H,2,4,6,8-11,13-14,22-23H2,1,3,5H3/b19-17-,20-18-,27-12+,32-29?. The van der Waals surface area contributed by atoms with Crippen LogP contribution in [-0.4, -0.2) is 37.1 Å². The van der Waals surface area contributed by atoms with Gasteiger partial charge in [-0.05, 0) is 67.9 Å². The van der Waals surface area contributed by atoms with Crippen LogP contribution in [0.5, 0.6) is 0 Å². The third-order valence-corrected chi connectivity index (χ3v) is 6.03. The number of aliphatic imine (C=N–C) groups is 2. The molecule has 1 fully saturated rings. The fraction of sp³-hybridized carbons (Fsp3) is 0.448. The maximum atomic E-state index is 4.82. The summed E-state index contributed by atoms with van der Waals surface area (Å²) in [6.07, 6.45) is 20.4. The maximum Gasteiger partial charge on any atom is 0.0894 e. The number of nitrogens with one attached hydrogen (secondary N) is 1. The third-order valence-electron chi connectivity index (χ3n) is 6.03. The lowest BCUT2D eigenvalue weighted by Crippen LogP contribution is -2.31. The second-order valence-electron chi connectivity index (χ2n) is 8.84. The van der Waals surface area contributed by atoms with Gasteiger partial charge < -0.3 is 4.90 Å². The van der Waals surface area contributed by atoms with E-state index in [1.165, 1.54) is 55.2 Å². The Balaban J connectivity index is 2.07. The van der Waals surface area contributed by atoms with Gasteiger partial charge in [0.1, 0.15) is 0 Å². The van der Waals surface area contributed by atoms with Crippen LogP contribution in [0.15, 0.2) is 77.0 Å². The van der Waals surface area contributed by atoms with Gasteiger partial charge in [0, 0.05) is 31.4 Å². The second kappa shape index (κ2) is 15.2. The van der Waals surface area contributed by atoms with E-state index >= 15 is 0 Å². The summed E-state index contributed by atoms with van der Waals surface area (Å²) in [5.74, 6) is 0. The molecule has 1 aromatic carbocycles. The van der Waals surface area contributed by atoms with E-state index in [1.54, 1.807) is 12.3 Å². The summed E-state index contributed by atoms with van der Waals surface area (Å²) in [5.41, 5.74) is 6.00. The topological polar surface area (TPSA) is 40.0 Å². The van der Waals surface area contributed by atoms with Crippen LogP contribution in [0.1, 0.15) is 62.1 Å². The Kier molecular flexibility index (Phi) is 12.2. The van der Waals surface area contributed by atoms with Gasteiger partial charge in [-0.3, -0.25) is 15.3 Å². The quantitative estimate of drug-likeness (QED) is 0.276. The molecule has 0 bridgehead atoms. The zero-order chi connectivity index (χ0) is 23.9. The molecule has 1 aromatic rings. The Morgan fingerprint density at radius 3 is 2.67 bits per heavy atom. The Morgan fingerprint density at radius 1 is 1.21 bits per heavy atom. The molecule has 4 heteroatoms. The van der Waals surface area contributed by atoms with Crippen molar-refractivity contribution in [1.82, 2.24) is 10.2 Å². The Hall–Kier alpha value is -2.72. The van der Waals surface area contributed by atoms with Crippen molar-refractivity contribution in [1.29, 1.82) is 0 Å². The van der Waals surface area contributed by atoms with Gasteiger partial charge in [-0.25, -0.2) is 0 Å². The van der Waals surface area contributed by atoms with Crippen LogP contribution in [0.2, 0.25) is 0 Å². The van der Waals surface area contributed by atoms with E-state index in [1.807, 2.05) is 12.2 Å². The first-order valence-corrected chi connectivity index (χ1v) is 12.3. The molecule has 1 N–H and O–H groups in total. The summed E-state index contributed by atoms with van der Waals surface area (Å²) in [6.45, 7) is 13.3. The van der Waals surface area contributed by atoms with Crippen molar-refractivity contribution in [3.8, 4) is 0 Å². The Bertz CT molecular complexity index is 870. The number of aryl methyl sites for hydroxylation is 2. The lowest BCUT2D eigenvalue weighted by atomic mass is 9.96. The lowest BCUT2D eigenvalue weighted by Gasteiger charge is -2.22. The highest BCUT2D eigenvalue weighted by Crippen LogP contribution is 2.17. The molecule has 33 heavy (non-hydrogen) atoms. The molecule has 0 aliphatic heterocycles. The fourth-order valence-corrected chi connectivity index (χ4v) is 4.24. The molecule has 1 aliphatic carbocycles. The molecular weight excluding hydrogens is 404 g/mol. The summed E-state index contributed by atoms with van der Waals surface area (Å²) in [5, 5.41) is 3.59. The smallest absolute Gasteiger partial charge is 0.0894 e. The van der Waals surface area contributed by atoms with Gasteiger partial charge in [-0.15, -0.1) is 0 Å². The van der Waals surface area contributed by atoms with Crippen LogP contribution in [0.4, 0.5) is 0 Å². The largest absolute Gasteiger partial charge is 0.376 e. The summed E-state index contributed by atoms with van der Waals surface area (Å²) < 4.78 is 0. The van der Waals surface area contributed by atoms with E-state index in [0.717, 1.165) is 24.3 Å². The van der Waals surface area contributed by atoms with Crippen molar-refractivity contribution in [2.45, 2.75) is 71.4 Å². The van der Waals surface area contributed by atoms with Crippen LogP contribution in [0.3, 0.4) is 0 Å². The zero-order valence-corrected chi connectivity index (χ0v) is 20.9. The minimum absolute atomic E-state index is 0.575. The van der Waals surface area contributed by atoms with Crippen LogP contribution < -0.4 is 5.32 Å². The van der Waals surface area contributed by atoms with E-state index in [2.05, 4.69) is 79.9 Å². The molecule has 1 saturated carbocycles. The predicted octanol–water partition coefficient (Wildman–Crippen LogP) is 6.54. The molecule has 0 heterocycles. The van der Waals surface area contributed by atoms with Gasteiger partial charge in [-0.2, -0.15) is 0 Å². The van der Waals surface area contributed by atoms with Crippen LogP contribution in [0.25, 0.3) is 0 Å². The molecule has 0 radical (unpaired) electrons. The first-order chi connectivity index (χ1) is 16.1. The van der Waals surface area contributed by atoms with Gasteiger partial charge in [0.2, 0.25) is 0 Å².